The molecule has 1 amide bonds. The lowest BCUT2D eigenvalue weighted by atomic mass is 10.1. The summed E-state index contributed by atoms with van der Waals surface area (Å²) in [6.07, 6.45) is 5.26. The number of carbonyl (C=O) groups is 1. The highest BCUT2D eigenvalue weighted by atomic mass is 35.5. The number of nitriles is 1. The Hall–Kier alpha value is -2.55. The Morgan fingerprint density at radius 2 is 2.00 bits per heavy atom. The van der Waals surface area contributed by atoms with Crippen LogP contribution in [-0.4, -0.2) is 32.1 Å². The van der Waals surface area contributed by atoms with Crippen LogP contribution >= 0.6 is 11.6 Å². The van der Waals surface area contributed by atoms with Crippen LogP contribution in [0.25, 0.3) is 17.4 Å². The molecule has 0 aliphatic carbocycles. The molecule has 140 valence electrons. The zero-order chi connectivity index (χ0) is 19.1. The normalized spacial score (nSPS) is 15.3. The molecule has 2 N–H and O–H groups in total. The van der Waals surface area contributed by atoms with Crippen molar-refractivity contribution in [3.05, 3.63) is 52.8 Å². The van der Waals surface area contributed by atoms with Crippen LogP contribution < -0.4 is 10.2 Å². The fraction of sp³-hybridized carbons (Fsp3) is 0.333. The van der Waals surface area contributed by atoms with Gasteiger partial charge in [-0.25, -0.2) is 0 Å². The summed E-state index contributed by atoms with van der Waals surface area (Å²) in [6, 6.07) is 12.8. The first-order chi connectivity index (χ1) is 13.2. The average molecular weight is 385 g/mol. The van der Waals surface area contributed by atoms with Crippen LogP contribution in [0, 0.1) is 11.3 Å². The summed E-state index contributed by atoms with van der Waals surface area (Å²) in [4.78, 5) is 13.8. The van der Waals surface area contributed by atoms with Gasteiger partial charge >= 0.3 is 0 Å². The van der Waals surface area contributed by atoms with Gasteiger partial charge in [-0.3, -0.25) is 4.79 Å². The van der Waals surface area contributed by atoms with E-state index in [-0.39, 0.29) is 11.5 Å². The van der Waals surface area contributed by atoms with Gasteiger partial charge in [0.15, 0.2) is 0 Å². The number of furan rings is 1. The van der Waals surface area contributed by atoms with Crippen LogP contribution in [0.5, 0.6) is 0 Å². The van der Waals surface area contributed by atoms with Crippen molar-refractivity contribution in [3.8, 4) is 17.4 Å². The standard InChI is InChI=1S/C21H22ClN3O2/c22-19-7-3-2-6-18(19)20-9-8-17(27-20)14-16(15-23)21(26)24-10-13-25-11-4-1-5-12-25/h2-3,6-9,14H,1,4-5,10-13H2,(H,24,26)/p+1/b16-14-. The predicted octanol–water partition coefficient (Wildman–Crippen LogP) is 2.69. The summed E-state index contributed by atoms with van der Waals surface area (Å²) >= 11 is 6.18. The van der Waals surface area contributed by atoms with Crippen LogP contribution in [-0.2, 0) is 4.79 Å². The molecule has 2 heterocycles. The predicted molar refractivity (Wildman–Crippen MR) is 105 cm³/mol. The molecular formula is C21H23ClN3O2+. The number of piperidine rings is 1. The van der Waals surface area contributed by atoms with Crippen LogP contribution in [0.3, 0.4) is 0 Å². The highest BCUT2D eigenvalue weighted by Gasteiger charge is 2.15. The second-order valence-corrected chi connectivity index (χ2v) is 7.08. The van der Waals surface area contributed by atoms with Crippen LogP contribution in [0.4, 0.5) is 0 Å². The number of hydrogen-bond acceptors (Lipinski definition) is 3. The van der Waals surface area contributed by atoms with E-state index in [0.29, 0.717) is 23.1 Å². The topological polar surface area (TPSA) is 70.5 Å². The third-order valence-corrected chi connectivity index (χ3v) is 5.07. The van der Waals surface area contributed by atoms with Crippen LogP contribution in [0.15, 0.2) is 46.4 Å². The molecule has 0 atom stereocenters. The molecule has 3 rings (SSSR count). The van der Waals surface area contributed by atoms with E-state index in [1.807, 2.05) is 24.3 Å². The van der Waals surface area contributed by atoms with Crippen LogP contribution in [0.1, 0.15) is 25.0 Å². The first kappa shape index (κ1) is 19.2. The average Bonchev–Trinajstić information content (AvgIpc) is 3.15. The van der Waals surface area contributed by atoms with Crippen LogP contribution in [0.2, 0.25) is 5.02 Å². The van der Waals surface area contributed by atoms with E-state index in [9.17, 15) is 10.1 Å². The van der Waals surface area contributed by atoms with Crippen molar-refractivity contribution in [2.24, 2.45) is 0 Å². The molecule has 0 unspecified atom stereocenters. The van der Waals surface area contributed by atoms with Gasteiger partial charge in [0.25, 0.3) is 5.91 Å². The van der Waals surface area contributed by atoms with Gasteiger partial charge in [0, 0.05) is 11.6 Å². The van der Waals surface area contributed by atoms with Crippen molar-refractivity contribution in [3.63, 3.8) is 0 Å². The Bertz CT molecular complexity index is 860. The largest absolute Gasteiger partial charge is 0.457 e. The molecule has 2 aromatic rings. The number of nitrogens with one attached hydrogen (secondary N) is 2. The highest BCUT2D eigenvalue weighted by Crippen LogP contribution is 2.29. The monoisotopic (exact) mass is 384 g/mol. The number of likely N-dealkylation sites (tertiary alicyclic amines) is 1. The lowest BCUT2D eigenvalue weighted by molar-refractivity contribution is -0.903. The molecule has 5 nitrogen and oxygen atoms in total. The zero-order valence-corrected chi connectivity index (χ0v) is 15.9. The van der Waals surface area contributed by atoms with E-state index in [2.05, 4.69) is 5.32 Å². The van der Waals surface area contributed by atoms with Crippen molar-refractivity contribution < 1.29 is 14.1 Å². The fourth-order valence-corrected chi connectivity index (χ4v) is 3.51. The number of carbonyl (C=O) groups excluding carboxylic acids is 1. The van der Waals surface area contributed by atoms with E-state index in [4.69, 9.17) is 16.0 Å². The maximum atomic E-state index is 12.3. The molecule has 1 aromatic carbocycles. The number of halogens is 1. The molecule has 0 spiro atoms. The second kappa shape index (κ2) is 9.40. The van der Waals surface area contributed by atoms with Gasteiger partial charge < -0.3 is 14.6 Å². The molecule has 27 heavy (non-hydrogen) atoms. The first-order valence-corrected chi connectivity index (χ1v) is 9.63. The van der Waals surface area contributed by atoms with Gasteiger partial charge in [-0.05, 0) is 43.5 Å². The van der Waals surface area contributed by atoms with Crippen molar-refractivity contribution in [2.75, 3.05) is 26.2 Å². The van der Waals surface area contributed by atoms with Gasteiger partial charge in [0.1, 0.15) is 23.2 Å². The third-order valence-electron chi connectivity index (χ3n) is 4.74. The second-order valence-electron chi connectivity index (χ2n) is 6.67. The summed E-state index contributed by atoms with van der Waals surface area (Å²) in [7, 11) is 0. The Labute approximate surface area is 164 Å². The lowest BCUT2D eigenvalue weighted by Gasteiger charge is -2.23. The summed E-state index contributed by atoms with van der Waals surface area (Å²) in [5, 5.41) is 12.7. The molecule has 0 saturated carbocycles. The van der Waals surface area contributed by atoms with E-state index in [0.717, 1.165) is 25.2 Å². The van der Waals surface area contributed by atoms with Gasteiger partial charge in [-0.2, -0.15) is 5.26 Å². The molecule has 1 aromatic heterocycles. The maximum Gasteiger partial charge on any atom is 0.262 e. The maximum absolute atomic E-state index is 12.3. The highest BCUT2D eigenvalue weighted by molar-refractivity contribution is 6.33. The minimum Gasteiger partial charge on any atom is -0.457 e. The number of amides is 1. The van der Waals surface area contributed by atoms with E-state index in [1.165, 1.54) is 30.2 Å². The quantitative estimate of drug-likeness (QED) is 0.594. The summed E-state index contributed by atoms with van der Waals surface area (Å²) in [6.45, 7) is 3.78. The van der Waals surface area contributed by atoms with Crippen molar-refractivity contribution in [1.82, 2.24) is 5.32 Å². The Kier molecular flexibility index (Phi) is 6.69. The molecule has 0 radical (unpaired) electrons. The van der Waals surface area contributed by atoms with E-state index < -0.39 is 0 Å². The van der Waals surface area contributed by atoms with Crippen molar-refractivity contribution in [1.29, 1.82) is 5.26 Å². The molecule has 0 bridgehead atoms. The summed E-state index contributed by atoms with van der Waals surface area (Å²) in [5.74, 6) is 0.668. The molecule has 1 aliphatic rings. The zero-order valence-electron chi connectivity index (χ0n) is 15.1. The number of hydrogen-bond donors (Lipinski definition) is 2. The van der Waals surface area contributed by atoms with Gasteiger partial charge in [0.05, 0.1) is 31.2 Å². The molecule has 1 aliphatic heterocycles. The van der Waals surface area contributed by atoms with Gasteiger partial charge in [0.2, 0.25) is 0 Å². The Morgan fingerprint density at radius 1 is 1.22 bits per heavy atom. The summed E-state index contributed by atoms with van der Waals surface area (Å²) < 4.78 is 5.74. The third kappa shape index (κ3) is 5.22. The summed E-state index contributed by atoms with van der Waals surface area (Å²) in [5.41, 5.74) is 0.801. The molecule has 1 saturated heterocycles. The number of quaternary nitrogens is 1. The van der Waals surface area contributed by atoms with Crippen molar-refractivity contribution in [2.45, 2.75) is 19.3 Å². The smallest absolute Gasteiger partial charge is 0.262 e. The lowest BCUT2D eigenvalue weighted by Crippen LogP contribution is -3.13. The van der Waals surface area contributed by atoms with Crippen molar-refractivity contribution >= 4 is 23.6 Å². The van der Waals surface area contributed by atoms with Gasteiger partial charge in [-0.1, -0.05) is 23.7 Å². The number of benzene rings is 1. The SMILES string of the molecule is N#C/C(=C/c1ccc(-c2ccccc2Cl)o1)C(=O)NCC[NH+]1CCCCC1. The first-order valence-electron chi connectivity index (χ1n) is 9.25. The number of nitrogens with zero attached hydrogens (tertiary/aromatic N) is 1. The fourth-order valence-electron chi connectivity index (χ4n) is 3.28. The van der Waals surface area contributed by atoms with E-state index in [1.54, 1.807) is 18.2 Å². The molecule has 1 fully saturated rings. The molecule has 6 heteroatoms. The Morgan fingerprint density at radius 3 is 2.74 bits per heavy atom. The Balaban J connectivity index is 1.61. The van der Waals surface area contributed by atoms with Gasteiger partial charge in [-0.15, -0.1) is 0 Å². The number of rotatable bonds is 6. The van der Waals surface area contributed by atoms with E-state index >= 15 is 0 Å². The minimum absolute atomic E-state index is 0.0312. The molecular weight excluding hydrogens is 362 g/mol. The minimum atomic E-state index is -0.371.